The van der Waals surface area contributed by atoms with Crippen molar-refractivity contribution in [3.05, 3.63) is 36.2 Å². The summed E-state index contributed by atoms with van der Waals surface area (Å²) in [5.74, 6) is 0.248. The molecule has 1 spiro atoms. The number of piperazine rings is 1. The van der Waals surface area contributed by atoms with Crippen molar-refractivity contribution in [2.24, 2.45) is 5.41 Å². The van der Waals surface area contributed by atoms with E-state index in [1.807, 2.05) is 29.8 Å². The zero-order valence-electron chi connectivity index (χ0n) is 19.2. The molecular weight excluding hydrogens is 449 g/mol. The lowest BCUT2D eigenvalue weighted by molar-refractivity contribution is -0.138. The molecule has 2 saturated heterocycles. The van der Waals surface area contributed by atoms with Gasteiger partial charge in [-0.3, -0.25) is 4.90 Å². The van der Waals surface area contributed by atoms with Crippen molar-refractivity contribution in [2.75, 3.05) is 31.1 Å². The summed E-state index contributed by atoms with van der Waals surface area (Å²) in [6.07, 6.45) is 2.66. The summed E-state index contributed by atoms with van der Waals surface area (Å²) < 4.78 is 38.4. The molecule has 9 nitrogen and oxygen atoms in total. The van der Waals surface area contributed by atoms with E-state index in [9.17, 15) is 18.0 Å². The molecule has 2 N–H and O–H groups in total. The van der Waals surface area contributed by atoms with Crippen LogP contribution in [-0.4, -0.2) is 80.1 Å². The molecule has 2 aliphatic heterocycles. The number of amides is 2. The summed E-state index contributed by atoms with van der Waals surface area (Å²) in [6, 6.07) is -0.159. The zero-order chi connectivity index (χ0) is 24.1. The van der Waals surface area contributed by atoms with E-state index >= 15 is 0 Å². The van der Waals surface area contributed by atoms with E-state index in [1.165, 1.54) is 0 Å². The van der Waals surface area contributed by atoms with Gasteiger partial charge in [0.2, 0.25) is 5.95 Å². The maximum atomic E-state index is 13.0. The molecule has 34 heavy (non-hydrogen) atoms. The van der Waals surface area contributed by atoms with Gasteiger partial charge in [-0.2, -0.15) is 13.2 Å². The fraction of sp³-hybridized carbons (Fsp3) is 0.636. The van der Waals surface area contributed by atoms with Crippen LogP contribution in [-0.2, 0) is 12.7 Å². The largest absolute Gasteiger partial charge is 0.419 e. The number of carbonyl (C=O) groups is 1. The summed E-state index contributed by atoms with van der Waals surface area (Å²) in [4.78, 5) is 34.1. The second-order valence-electron chi connectivity index (χ2n) is 10.1. The second-order valence-corrected chi connectivity index (χ2v) is 10.1. The lowest BCUT2D eigenvalue weighted by atomic mass is 9.60. The van der Waals surface area contributed by atoms with Crippen LogP contribution >= 0.6 is 0 Å². The van der Waals surface area contributed by atoms with Crippen LogP contribution in [0.15, 0.2) is 24.9 Å². The van der Waals surface area contributed by atoms with Crippen LogP contribution in [0, 0.1) is 5.41 Å². The molecule has 0 bridgehead atoms. The maximum Gasteiger partial charge on any atom is 0.419 e. The lowest BCUT2D eigenvalue weighted by Gasteiger charge is -2.59. The van der Waals surface area contributed by atoms with Gasteiger partial charge in [-0.05, 0) is 32.1 Å². The smallest absolute Gasteiger partial charge is 0.347 e. The molecule has 0 aromatic carbocycles. The van der Waals surface area contributed by atoms with Gasteiger partial charge >= 0.3 is 12.2 Å². The van der Waals surface area contributed by atoms with E-state index in [-0.39, 0.29) is 30.1 Å². The second kappa shape index (κ2) is 8.40. The van der Waals surface area contributed by atoms with Crippen molar-refractivity contribution >= 4 is 12.0 Å². The number of rotatable bonds is 4. The van der Waals surface area contributed by atoms with Gasteiger partial charge in [-0.25, -0.2) is 19.7 Å². The van der Waals surface area contributed by atoms with Crippen molar-refractivity contribution in [3.8, 4) is 0 Å². The number of likely N-dealkylation sites (tertiary alicyclic amines) is 1. The van der Waals surface area contributed by atoms with Gasteiger partial charge in [-0.15, -0.1) is 0 Å². The lowest BCUT2D eigenvalue weighted by Crippen LogP contribution is -2.68. The number of nitrogens with one attached hydrogen (secondary N) is 2. The minimum absolute atomic E-state index is 0.0820. The fourth-order valence-corrected chi connectivity index (χ4v) is 5.74. The van der Waals surface area contributed by atoms with Gasteiger partial charge in [0.15, 0.2) is 0 Å². The Hall–Kier alpha value is -2.89. The van der Waals surface area contributed by atoms with E-state index in [0.29, 0.717) is 18.5 Å². The highest BCUT2D eigenvalue weighted by Crippen LogP contribution is 2.48. The van der Waals surface area contributed by atoms with Crippen molar-refractivity contribution < 1.29 is 18.0 Å². The minimum atomic E-state index is -4.46. The Labute approximate surface area is 195 Å². The molecule has 1 aliphatic carbocycles. The number of hydrogen-bond acceptors (Lipinski definition) is 6. The number of H-pyrrole nitrogens is 1. The fourth-order valence-electron chi connectivity index (χ4n) is 5.74. The van der Waals surface area contributed by atoms with Gasteiger partial charge in [0.05, 0.1) is 11.9 Å². The van der Waals surface area contributed by atoms with Gasteiger partial charge < -0.3 is 20.1 Å². The Morgan fingerprint density at radius 2 is 1.79 bits per heavy atom. The number of aromatic amines is 1. The number of alkyl halides is 3. The molecule has 0 radical (unpaired) electrons. The SMILES string of the molecule is C[C@@H]1CN(c2ncc(C(F)(F)F)cn2)C[C@H](C)N1C(=O)NC1CC2(C1)CN(Cc1cnc[nH]1)C2. The monoisotopic (exact) mass is 478 g/mol. The Morgan fingerprint density at radius 3 is 2.35 bits per heavy atom. The number of carbonyl (C=O) groups excluding carboxylic acids is 1. The molecule has 12 heteroatoms. The van der Waals surface area contributed by atoms with Crippen molar-refractivity contribution in [3.63, 3.8) is 0 Å². The molecule has 2 aromatic heterocycles. The molecule has 3 fully saturated rings. The topological polar surface area (TPSA) is 93.3 Å². The number of urea groups is 1. The summed E-state index contributed by atoms with van der Waals surface area (Å²) in [5.41, 5.74) is 0.556. The normalized spacial score (nSPS) is 25.2. The quantitative estimate of drug-likeness (QED) is 0.702. The first kappa shape index (κ1) is 22.9. The summed E-state index contributed by atoms with van der Waals surface area (Å²) in [7, 11) is 0. The highest BCUT2D eigenvalue weighted by molar-refractivity contribution is 5.76. The summed E-state index contributed by atoms with van der Waals surface area (Å²) in [5, 5.41) is 3.19. The third kappa shape index (κ3) is 4.42. The van der Waals surface area contributed by atoms with Gasteiger partial charge in [0, 0.05) is 75.1 Å². The van der Waals surface area contributed by atoms with Crippen LogP contribution < -0.4 is 10.2 Å². The van der Waals surface area contributed by atoms with Gasteiger partial charge in [-0.1, -0.05) is 0 Å². The molecule has 1 saturated carbocycles. The van der Waals surface area contributed by atoms with Crippen LogP contribution in [0.1, 0.15) is 37.9 Å². The summed E-state index contributed by atoms with van der Waals surface area (Å²) >= 11 is 0. The number of imidazole rings is 1. The first-order valence-electron chi connectivity index (χ1n) is 11.5. The minimum Gasteiger partial charge on any atom is -0.347 e. The molecule has 2 amide bonds. The predicted octanol–water partition coefficient (Wildman–Crippen LogP) is 2.49. The van der Waals surface area contributed by atoms with Crippen LogP contribution in [0.2, 0.25) is 0 Å². The molecule has 3 aliphatic rings. The Kier molecular flexibility index (Phi) is 5.65. The molecular formula is C22H29F3N8O. The highest BCUT2D eigenvalue weighted by Gasteiger charge is 2.53. The van der Waals surface area contributed by atoms with Crippen LogP contribution in [0.5, 0.6) is 0 Å². The molecule has 2 atom stereocenters. The standard InChI is InChI=1S/C22H29F3N8O/c1-14-8-32(19-27-5-16(6-28-19)22(23,24)25)9-15(2)33(14)20(34)30-17-3-21(4-17)11-31(12-21)10-18-7-26-13-29-18/h5-7,13-15,17H,3-4,8-12H2,1-2H3,(H,26,29)(H,30,34)/t14-,15+. The van der Waals surface area contributed by atoms with Gasteiger partial charge in [0.1, 0.15) is 0 Å². The van der Waals surface area contributed by atoms with Crippen molar-refractivity contribution in [1.82, 2.24) is 35.1 Å². The molecule has 0 unspecified atom stereocenters. The Bertz CT molecular complexity index is 986. The molecule has 4 heterocycles. The number of aromatic nitrogens is 4. The van der Waals surface area contributed by atoms with E-state index in [4.69, 9.17) is 0 Å². The average Bonchev–Trinajstić information content (AvgIpc) is 3.22. The molecule has 184 valence electrons. The molecule has 5 rings (SSSR count). The van der Waals surface area contributed by atoms with Crippen LogP contribution in [0.4, 0.5) is 23.9 Å². The van der Waals surface area contributed by atoms with E-state index in [1.54, 1.807) is 6.33 Å². The average molecular weight is 479 g/mol. The number of halogens is 3. The predicted molar refractivity (Wildman–Crippen MR) is 118 cm³/mol. The summed E-state index contributed by atoms with van der Waals surface area (Å²) in [6.45, 7) is 7.75. The first-order chi connectivity index (χ1) is 16.1. The van der Waals surface area contributed by atoms with Crippen LogP contribution in [0.3, 0.4) is 0 Å². The number of hydrogen-bond donors (Lipinski definition) is 2. The first-order valence-corrected chi connectivity index (χ1v) is 11.5. The number of anilines is 1. The zero-order valence-corrected chi connectivity index (χ0v) is 19.2. The van der Waals surface area contributed by atoms with Gasteiger partial charge in [0.25, 0.3) is 0 Å². The number of nitrogens with zero attached hydrogens (tertiary/aromatic N) is 6. The third-order valence-corrected chi connectivity index (χ3v) is 7.16. The van der Waals surface area contributed by atoms with E-state index in [2.05, 4.69) is 30.2 Å². The Balaban J connectivity index is 1.10. The van der Waals surface area contributed by atoms with E-state index in [0.717, 1.165) is 50.6 Å². The van der Waals surface area contributed by atoms with Crippen molar-refractivity contribution in [1.29, 1.82) is 0 Å². The Morgan fingerprint density at radius 1 is 1.15 bits per heavy atom. The highest BCUT2D eigenvalue weighted by atomic mass is 19.4. The van der Waals surface area contributed by atoms with Crippen molar-refractivity contribution in [2.45, 2.75) is 57.5 Å². The van der Waals surface area contributed by atoms with Crippen LogP contribution in [0.25, 0.3) is 0 Å². The maximum absolute atomic E-state index is 13.0. The molecule has 2 aromatic rings. The third-order valence-electron chi connectivity index (χ3n) is 7.16. The van der Waals surface area contributed by atoms with E-state index < -0.39 is 11.7 Å².